The second-order valence-electron chi connectivity index (χ2n) is 8.67. The molecule has 2 aliphatic heterocycles. The van der Waals surface area contributed by atoms with Crippen LogP contribution in [0.15, 0.2) is 36.4 Å². The summed E-state index contributed by atoms with van der Waals surface area (Å²) in [7, 11) is 0. The van der Waals surface area contributed by atoms with Crippen molar-refractivity contribution in [1.82, 2.24) is 5.32 Å². The summed E-state index contributed by atoms with van der Waals surface area (Å²) in [5.74, 6) is -1.35. The first-order valence-corrected chi connectivity index (χ1v) is 11.5. The van der Waals surface area contributed by atoms with Crippen molar-refractivity contribution in [1.29, 1.82) is 0 Å². The second kappa shape index (κ2) is 8.72. The molecule has 34 heavy (non-hydrogen) atoms. The van der Waals surface area contributed by atoms with E-state index in [1.807, 2.05) is 18.7 Å². The maximum Gasteiger partial charge on any atom is 0.335 e. The van der Waals surface area contributed by atoms with Crippen LogP contribution in [0.3, 0.4) is 0 Å². The number of barbiturate groups is 1. The van der Waals surface area contributed by atoms with Gasteiger partial charge < -0.3 is 4.90 Å². The first-order valence-electron chi connectivity index (χ1n) is 11.2. The lowest BCUT2D eigenvalue weighted by atomic mass is 9.67. The SMILES string of the molecule is CCCN1c2ccc([N+](=O)[O-])cc2C[C@@]2(C(=O)NC(=O)N(c3cc(Cl)ccc3C)C2=O)[C@@H]1CC. The van der Waals surface area contributed by atoms with E-state index in [0.29, 0.717) is 34.8 Å². The van der Waals surface area contributed by atoms with Gasteiger partial charge in [0.15, 0.2) is 5.41 Å². The second-order valence-corrected chi connectivity index (χ2v) is 9.10. The lowest BCUT2D eigenvalue weighted by molar-refractivity contribution is -0.384. The van der Waals surface area contributed by atoms with Gasteiger partial charge in [-0.05, 0) is 49.1 Å². The molecule has 178 valence electrons. The molecule has 0 radical (unpaired) electrons. The average molecular weight is 485 g/mol. The molecule has 9 nitrogen and oxygen atoms in total. The predicted molar refractivity (Wildman–Crippen MR) is 128 cm³/mol. The highest BCUT2D eigenvalue weighted by atomic mass is 35.5. The number of amides is 4. The number of rotatable bonds is 5. The maximum atomic E-state index is 14.2. The molecule has 1 saturated heterocycles. The predicted octanol–water partition coefficient (Wildman–Crippen LogP) is 4.38. The molecule has 2 aromatic rings. The smallest absolute Gasteiger partial charge is 0.335 e. The van der Waals surface area contributed by atoms with Crippen LogP contribution in [0.25, 0.3) is 0 Å². The van der Waals surface area contributed by atoms with Crippen LogP contribution in [0.1, 0.15) is 37.8 Å². The van der Waals surface area contributed by atoms with E-state index in [1.54, 1.807) is 25.1 Å². The summed E-state index contributed by atoms with van der Waals surface area (Å²) >= 11 is 6.16. The van der Waals surface area contributed by atoms with E-state index in [2.05, 4.69) is 5.32 Å². The number of halogens is 1. The molecular weight excluding hydrogens is 460 g/mol. The molecule has 2 atom stereocenters. The number of fused-ring (bicyclic) bond motifs is 1. The Hall–Kier alpha value is -3.46. The van der Waals surface area contributed by atoms with E-state index in [0.717, 1.165) is 17.0 Å². The summed E-state index contributed by atoms with van der Waals surface area (Å²) in [6.45, 7) is 6.15. The summed E-state index contributed by atoms with van der Waals surface area (Å²) in [6.07, 6.45) is 1.12. The van der Waals surface area contributed by atoms with Gasteiger partial charge in [0.1, 0.15) is 0 Å². The van der Waals surface area contributed by atoms with Gasteiger partial charge in [-0.3, -0.25) is 25.0 Å². The highest BCUT2D eigenvalue weighted by Gasteiger charge is 2.62. The number of hydrogen-bond donors (Lipinski definition) is 1. The third-order valence-corrected chi connectivity index (χ3v) is 6.91. The summed E-state index contributed by atoms with van der Waals surface area (Å²) < 4.78 is 0. The standard InChI is InChI=1S/C24H25ClN4O5/c1-4-10-27-18-9-8-17(29(33)34)11-15(18)13-24(20(27)5-2)21(30)26-23(32)28(22(24)31)19-12-16(25)7-6-14(19)3/h6-9,11-12,20H,4-5,10,13H2,1-3H3,(H,26,30,32)/t20-,24-/m0/s1. The lowest BCUT2D eigenvalue weighted by Crippen LogP contribution is -2.72. The molecule has 0 aromatic heterocycles. The Morgan fingerprint density at radius 1 is 1.15 bits per heavy atom. The summed E-state index contributed by atoms with van der Waals surface area (Å²) in [4.78, 5) is 54.5. The number of anilines is 2. The van der Waals surface area contributed by atoms with Crippen molar-refractivity contribution in [3.63, 3.8) is 0 Å². The van der Waals surface area contributed by atoms with Gasteiger partial charge in [0, 0.05) is 35.8 Å². The van der Waals surface area contributed by atoms with Crippen molar-refractivity contribution in [2.24, 2.45) is 5.41 Å². The monoisotopic (exact) mass is 484 g/mol. The van der Waals surface area contributed by atoms with Crippen LogP contribution in [0.5, 0.6) is 0 Å². The van der Waals surface area contributed by atoms with Crippen LogP contribution in [0.2, 0.25) is 5.02 Å². The van der Waals surface area contributed by atoms with E-state index >= 15 is 0 Å². The zero-order chi connectivity index (χ0) is 24.8. The number of carbonyl (C=O) groups is 3. The maximum absolute atomic E-state index is 14.2. The number of urea groups is 1. The molecule has 1 fully saturated rings. The molecule has 2 heterocycles. The highest BCUT2D eigenvalue weighted by molar-refractivity contribution is 6.33. The first kappa shape index (κ1) is 23.7. The van der Waals surface area contributed by atoms with Crippen LogP contribution in [-0.4, -0.2) is 35.4 Å². The van der Waals surface area contributed by atoms with Gasteiger partial charge in [-0.25, -0.2) is 9.69 Å². The molecule has 4 rings (SSSR count). The summed E-state index contributed by atoms with van der Waals surface area (Å²) in [5, 5.41) is 14.2. The molecule has 4 amide bonds. The Morgan fingerprint density at radius 3 is 2.53 bits per heavy atom. The molecule has 10 heteroatoms. The van der Waals surface area contributed by atoms with E-state index in [9.17, 15) is 24.5 Å². The fourth-order valence-electron chi connectivity index (χ4n) is 5.19. The molecule has 2 aliphatic rings. The van der Waals surface area contributed by atoms with Gasteiger partial charge in [0.05, 0.1) is 16.7 Å². The number of carbonyl (C=O) groups excluding carboxylic acids is 3. The largest absolute Gasteiger partial charge is 0.367 e. The molecular formula is C24H25ClN4O5. The van der Waals surface area contributed by atoms with Gasteiger partial charge >= 0.3 is 6.03 Å². The van der Waals surface area contributed by atoms with Crippen molar-refractivity contribution in [2.75, 3.05) is 16.3 Å². The number of benzene rings is 2. The molecule has 0 aliphatic carbocycles. The van der Waals surface area contributed by atoms with E-state index in [-0.39, 0.29) is 12.1 Å². The highest BCUT2D eigenvalue weighted by Crippen LogP contribution is 2.47. The topological polar surface area (TPSA) is 113 Å². The molecule has 0 saturated carbocycles. The number of nitrogens with zero attached hydrogens (tertiary/aromatic N) is 3. The van der Waals surface area contributed by atoms with Crippen LogP contribution in [0, 0.1) is 22.5 Å². The zero-order valence-electron chi connectivity index (χ0n) is 19.1. The number of nitrogens with one attached hydrogen (secondary N) is 1. The normalized spacial score (nSPS) is 22.1. The van der Waals surface area contributed by atoms with Crippen LogP contribution in [-0.2, 0) is 16.0 Å². The van der Waals surface area contributed by atoms with Gasteiger partial charge in [0.25, 0.3) is 11.6 Å². The number of non-ortho nitro benzene ring substituents is 1. The summed E-state index contributed by atoms with van der Waals surface area (Å²) in [5.41, 5.74) is 0.448. The first-order chi connectivity index (χ1) is 16.1. The quantitative estimate of drug-likeness (QED) is 0.383. The van der Waals surface area contributed by atoms with Crippen molar-refractivity contribution >= 4 is 46.5 Å². The fourth-order valence-corrected chi connectivity index (χ4v) is 5.36. The molecule has 1 N–H and O–H groups in total. The third kappa shape index (κ3) is 3.51. The lowest BCUT2D eigenvalue weighted by Gasteiger charge is -2.51. The van der Waals surface area contributed by atoms with E-state index < -0.39 is 34.2 Å². The van der Waals surface area contributed by atoms with Gasteiger partial charge in [0.2, 0.25) is 5.91 Å². The molecule has 1 spiro atoms. The van der Waals surface area contributed by atoms with Crippen LogP contribution >= 0.6 is 11.6 Å². The molecule has 0 unspecified atom stereocenters. The number of nitro benzene ring substituents is 1. The number of hydrogen-bond acceptors (Lipinski definition) is 6. The summed E-state index contributed by atoms with van der Waals surface area (Å²) in [6, 6.07) is 8.00. The minimum atomic E-state index is -1.64. The number of imide groups is 2. The van der Waals surface area contributed by atoms with Crippen LogP contribution < -0.4 is 15.1 Å². The van der Waals surface area contributed by atoms with E-state index in [1.165, 1.54) is 18.2 Å². The minimum Gasteiger partial charge on any atom is -0.367 e. The van der Waals surface area contributed by atoms with Crippen molar-refractivity contribution in [3.05, 3.63) is 62.7 Å². The Bertz CT molecular complexity index is 1220. The Labute approximate surface area is 201 Å². The Balaban J connectivity index is 1.93. The number of aryl methyl sites for hydroxylation is 1. The zero-order valence-corrected chi connectivity index (χ0v) is 19.9. The fraction of sp³-hybridized carbons (Fsp3) is 0.375. The third-order valence-electron chi connectivity index (χ3n) is 6.67. The van der Waals surface area contributed by atoms with Gasteiger partial charge in [-0.15, -0.1) is 0 Å². The average Bonchev–Trinajstić information content (AvgIpc) is 2.79. The van der Waals surface area contributed by atoms with Crippen molar-refractivity contribution in [3.8, 4) is 0 Å². The van der Waals surface area contributed by atoms with E-state index in [4.69, 9.17) is 11.6 Å². The van der Waals surface area contributed by atoms with Gasteiger partial charge in [-0.1, -0.05) is 31.5 Å². The number of nitro groups is 1. The molecule has 0 bridgehead atoms. The Kier molecular flexibility index (Phi) is 6.07. The van der Waals surface area contributed by atoms with Crippen molar-refractivity contribution in [2.45, 2.75) is 46.1 Å². The van der Waals surface area contributed by atoms with Crippen LogP contribution in [0.4, 0.5) is 21.9 Å². The Morgan fingerprint density at radius 2 is 1.88 bits per heavy atom. The van der Waals surface area contributed by atoms with Gasteiger partial charge in [-0.2, -0.15) is 0 Å². The molecule has 2 aromatic carbocycles. The van der Waals surface area contributed by atoms with Crippen molar-refractivity contribution < 1.29 is 19.3 Å². The minimum absolute atomic E-state index is 0.0587.